The fourth-order valence-corrected chi connectivity index (χ4v) is 2.73. The summed E-state index contributed by atoms with van der Waals surface area (Å²) in [6.07, 6.45) is 2.84. The predicted octanol–water partition coefficient (Wildman–Crippen LogP) is 0.358. The van der Waals surface area contributed by atoms with Gasteiger partial charge >= 0.3 is 0 Å². The Hall–Kier alpha value is -0.540. The van der Waals surface area contributed by atoms with E-state index < -0.39 is 10.0 Å². The van der Waals surface area contributed by atoms with Crippen molar-refractivity contribution in [2.24, 2.45) is 0 Å². The molecule has 6 nitrogen and oxygen atoms in total. The second-order valence-corrected chi connectivity index (χ2v) is 6.16. The Morgan fingerprint density at radius 3 is 2.78 bits per heavy atom. The minimum Gasteiger partial charge on any atom is -0.383 e. The molecule has 2 N–H and O–H groups in total. The molecule has 1 aromatic heterocycles. The molecule has 8 heteroatoms. The summed E-state index contributed by atoms with van der Waals surface area (Å²) in [7, 11) is -1.87. The monoisotopic (exact) mass is 337 g/mol. The van der Waals surface area contributed by atoms with Gasteiger partial charge in [0.2, 0.25) is 10.0 Å². The largest absolute Gasteiger partial charge is 0.383 e. The molecule has 102 valence electrons. The van der Waals surface area contributed by atoms with Crippen LogP contribution in [-0.2, 0) is 14.8 Å². The molecule has 18 heavy (non-hydrogen) atoms. The van der Waals surface area contributed by atoms with Gasteiger partial charge in [-0.05, 0) is 22.0 Å². The maximum Gasteiger partial charge on any atom is 0.242 e. The summed E-state index contributed by atoms with van der Waals surface area (Å²) in [4.78, 5) is 3.97. The Morgan fingerprint density at radius 1 is 1.33 bits per heavy atom. The zero-order valence-electron chi connectivity index (χ0n) is 10.0. The molecule has 0 aromatic carbocycles. The Bertz CT molecular complexity index is 467. The highest BCUT2D eigenvalue weighted by atomic mass is 79.9. The van der Waals surface area contributed by atoms with E-state index >= 15 is 0 Å². The van der Waals surface area contributed by atoms with E-state index in [-0.39, 0.29) is 4.90 Å². The fourth-order valence-electron chi connectivity index (χ4n) is 1.20. The number of methoxy groups -OCH3 is 1. The molecule has 0 aliphatic heterocycles. The van der Waals surface area contributed by atoms with E-state index in [2.05, 4.69) is 31.0 Å². The van der Waals surface area contributed by atoms with Gasteiger partial charge in [0.05, 0.1) is 6.61 Å². The lowest BCUT2D eigenvalue weighted by atomic mass is 10.5. The SMILES string of the molecule is COCCNCCNS(=O)(=O)c1cncc(Br)c1. The normalized spacial score (nSPS) is 11.7. The maximum absolute atomic E-state index is 11.8. The number of hydrogen-bond donors (Lipinski definition) is 2. The molecule has 0 saturated heterocycles. The lowest BCUT2D eigenvalue weighted by molar-refractivity contribution is 0.199. The molecule has 0 radical (unpaired) electrons. The molecule has 0 aliphatic rings. The predicted molar refractivity (Wildman–Crippen MR) is 71.9 cm³/mol. The van der Waals surface area contributed by atoms with Crippen LogP contribution in [0.2, 0.25) is 0 Å². The smallest absolute Gasteiger partial charge is 0.242 e. The van der Waals surface area contributed by atoms with Gasteiger partial charge in [-0.1, -0.05) is 0 Å². The second-order valence-electron chi connectivity index (χ2n) is 3.48. The maximum atomic E-state index is 11.8. The molecule has 0 bridgehead atoms. The van der Waals surface area contributed by atoms with Gasteiger partial charge in [-0.15, -0.1) is 0 Å². The van der Waals surface area contributed by atoms with Gasteiger partial charge in [0.25, 0.3) is 0 Å². The Kier molecular flexibility index (Phi) is 6.72. The first-order valence-electron chi connectivity index (χ1n) is 5.36. The first kappa shape index (κ1) is 15.5. The van der Waals surface area contributed by atoms with Gasteiger partial charge in [0.1, 0.15) is 4.90 Å². The van der Waals surface area contributed by atoms with E-state index in [0.717, 1.165) is 0 Å². The number of aromatic nitrogens is 1. The van der Waals surface area contributed by atoms with Crippen molar-refractivity contribution in [1.29, 1.82) is 0 Å². The summed E-state index contributed by atoms with van der Waals surface area (Å²) in [5, 5.41) is 3.04. The number of sulfonamides is 1. The van der Waals surface area contributed by atoms with Crippen LogP contribution in [0.25, 0.3) is 0 Å². The molecule has 0 fully saturated rings. The van der Waals surface area contributed by atoms with Crippen LogP contribution in [0, 0.1) is 0 Å². The lowest BCUT2D eigenvalue weighted by Gasteiger charge is -2.07. The van der Waals surface area contributed by atoms with Crippen LogP contribution in [0.4, 0.5) is 0 Å². The molecule has 0 aliphatic carbocycles. The topological polar surface area (TPSA) is 80.3 Å². The molecule has 1 heterocycles. The quantitative estimate of drug-likeness (QED) is 0.669. The lowest BCUT2D eigenvalue weighted by Crippen LogP contribution is -2.33. The van der Waals surface area contributed by atoms with E-state index in [0.29, 0.717) is 30.7 Å². The average molecular weight is 338 g/mol. The molecule has 0 saturated carbocycles. The van der Waals surface area contributed by atoms with E-state index in [1.54, 1.807) is 7.11 Å². The van der Waals surface area contributed by atoms with Gasteiger partial charge in [0, 0.05) is 43.6 Å². The van der Waals surface area contributed by atoms with Crippen LogP contribution in [0.15, 0.2) is 27.8 Å². The number of ether oxygens (including phenoxy) is 1. The number of pyridine rings is 1. The van der Waals surface area contributed by atoms with E-state index in [4.69, 9.17) is 4.74 Å². The highest BCUT2D eigenvalue weighted by Crippen LogP contribution is 2.13. The Morgan fingerprint density at radius 2 is 2.11 bits per heavy atom. The van der Waals surface area contributed by atoms with E-state index in [1.165, 1.54) is 18.5 Å². The number of nitrogens with zero attached hydrogens (tertiary/aromatic N) is 1. The summed E-state index contributed by atoms with van der Waals surface area (Å²) in [5.74, 6) is 0. The number of rotatable bonds is 8. The summed E-state index contributed by atoms with van der Waals surface area (Å²) in [5.41, 5.74) is 0. The van der Waals surface area contributed by atoms with Gasteiger partial charge in [-0.2, -0.15) is 0 Å². The van der Waals surface area contributed by atoms with Crippen molar-refractivity contribution < 1.29 is 13.2 Å². The van der Waals surface area contributed by atoms with Gasteiger partial charge < -0.3 is 10.1 Å². The molecule has 1 rings (SSSR count). The number of halogens is 1. The van der Waals surface area contributed by atoms with Crippen molar-refractivity contribution in [3.8, 4) is 0 Å². The first-order valence-corrected chi connectivity index (χ1v) is 7.64. The Labute approximate surface area is 115 Å². The minimum absolute atomic E-state index is 0.147. The summed E-state index contributed by atoms with van der Waals surface area (Å²) in [6.45, 7) is 2.15. The van der Waals surface area contributed by atoms with Crippen molar-refractivity contribution in [3.05, 3.63) is 22.9 Å². The van der Waals surface area contributed by atoms with Crippen LogP contribution >= 0.6 is 15.9 Å². The molecule has 0 amide bonds. The third kappa shape index (κ3) is 5.40. The van der Waals surface area contributed by atoms with Crippen LogP contribution in [-0.4, -0.2) is 46.8 Å². The zero-order chi connectivity index (χ0) is 13.4. The molecular formula is C10H16BrN3O3S. The van der Waals surface area contributed by atoms with Crippen LogP contribution < -0.4 is 10.0 Å². The summed E-state index contributed by atoms with van der Waals surface area (Å²) < 4.78 is 31.7. The van der Waals surface area contributed by atoms with Crippen LogP contribution in [0.5, 0.6) is 0 Å². The van der Waals surface area contributed by atoms with Crippen molar-refractivity contribution in [3.63, 3.8) is 0 Å². The van der Waals surface area contributed by atoms with E-state index in [9.17, 15) is 8.42 Å². The van der Waals surface area contributed by atoms with Gasteiger partial charge in [-0.25, -0.2) is 13.1 Å². The Balaban J connectivity index is 2.41. The fraction of sp³-hybridized carbons (Fsp3) is 0.500. The van der Waals surface area contributed by atoms with Gasteiger partial charge in [0.15, 0.2) is 0 Å². The standard InChI is InChI=1S/C10H16BrN3O3S/c1-17-5-4-12-2-3-14-18(15,16)10-6-9(11)7-13-8-10/h6-8,12,14H,2-5H2,1H3. The summed E-state index contributed by atoms with van der Waals surface area (Å²) in [6, 6.07) is 1.51. The van der Waals surface area contributed by atoms with Crippen LogP contribution in [0.1, 0.15) is 0 Å². The molecule has 0 atom stereocenters. The van der Waals surface area contributed by atoms with Crippen molar-refractivity contribution in [1.82, 2.24) is 15.0 Å². The summed E-state index contributed by atoms with van der Waals surface area (Å²) >= 11 is 3.18. The number of nitrogens with one attached hydrogen (secondary N) is 2. The van der Waals surface area contributed by atoms with Crippen molar-refractivity contribution >= 4 is 26.0 Å². The third-order valence-electron chi connectivity index (χ3n) is 2.07. The number of hydrogen-bond acceptors (Lipinski definition) is 5. The minimum atomic E-state index is -3.49. The van der Waals surface area contributed by atoms with Crippen molar-refractivity contribution in [2.45, 2.75) is 4.90 Å². The zero-order valence-corrected chi connectivity index (χ0v) is 12.4. The third-order valence-corrected chi connectivity index (χ3v) is 3.93. The van der Waals surface area contributed by atoms with Crippen molar-refractivity contribution in [2.75, 3.05) is 33.4 Å². The highest BCUT2D eigenvalue weighted by Gasteiger charge is 2.13. The first-order chi connectivity index (χ1) is 8.56. The highest BCUT2D eigenvalue weighted by molar-refractivity contribution is 9.10. The second kappa shape index (κ2) is 7.80. The van der Waals surface area contributed by atoms with E-state index in [1.807, 2.05) is 0 Å². The molecule has 0 spiro atoms. The molecule has 1 aromatic rings. The molecule has 0 unspecified atom stereocenters. The average Bonchev–Trinajstić information content (AvgIpc) is 2.33. The van der Waals surface area contributed by atoms with Crippen LogP contribution in [0.3, 0.4) is 0 Å². The van der Waals surface area contributed by atoms with Gasteiger partial charge in [-0.3, -0.25) is 4.98 Å². The molecular weight excluding hydrogens is 322 g/mol.